The lowest BCUT2D eigenvalue weighted by Crippen LogP contribution is -2.38. The molecule has 0 bridgehead atoms. The normalized spacial score (nSPS) is 16.0. The topological polar surface area (TPSA) is 70.6 Å². The van der Waals surface area contributed by atoms with Gasteiger partial charge in [-0.2, -0.15) is 5.10 Å². The lowest BCUT2D eigenvalue weighted by Gasteiger charge is -2.20. The van der Waals surface area contributed by atoms with E-state index in [2.05, 4.69) is 15.8 Å². The first-order valence-electron chi connectivity index (χ1n) is 7.31. The third kappa shape index (κ3) is 5.30. The highest BCUT2D eigenvalue weighted by molar-refractivity contribution is 7.13. The van der Waals surface area contributed by atoms with Crippen LogP contribution in [0.1, 0.15) is 41.9 Å². The monoisotopic (exact) mass is 307 g/mol. The first-order valence-corrected chi connectivity index (χ1v) is 8.13. The summed E-state index contributed by atoms with van der Waals surface area (Å²) >= 11 is 1.61. The smallest absolute Gasteiger partial charge is 0.259 e. The van der Waals surface area contributed by atoms with Crippen molar-refractivity contribution >= 4 is 29.4 Å². The highest BCUT2D eigenvalue weighted by atomic mass is 32.1. The largest absolute Gasteiger partial charge is 0.347 e. The van der Waals surface area contributed by atoms with E-state index in [-0.39, 0.29) is 24.3 Å². The van der Waals surface area contributed by atoms with E-state index in [9.17, 15) is 9.59 Å². The number of rotatable bonds is 5. The van der Waals surface area contributed by atoms with Crippen molar-refractivity contribution < 1.29 is 9.59 Å². The fourth-order valence-corrected chi connectivity index (χ4v) is 3.16. The van der Waals surface area contributed by atoms with Crippen molar-refractivity contribution in [2.45, 2.75) is 39.0 Å². The van der Waals surface area contributed by atoms with Gasteiger partial charge >= 0.3 is 0 Å². The Morgan fingerprint density at radius 3 is 2.76 bits per heavy atom. The molecule has 6 heteroatoms. The highest BCUT2D eigenvalue weighted by Gasteiger charge is 2.21. The summed E-state index contributed by atoms with van der Waals surface area (Å²) in [5.74, 6) is -0.240. The quantitative estimate of drug-likeness (QED) is 0.647. The lowest BCUT2D eigenvalue weighted by molar-refractivity contribution is -0.129. The van der Waals surface area contributed by atoms with Gasteiger partial charge in [0, 0.05) is 15.7 Å². The van der Waals surface area contributed by atoms with Crippen molar-refractivity contribution in [2.24, 2.45) is 11.0 Å². The average Bonchev–Trinajstić information content (AvgIpc) is 2.91. The number of hydrogen-bond acceptors (Lipinski definition) is 4. The second kappa shape index (κ2) is 7.93. The van der Waals surface area contributed by atoms with Crippen LogP contribution in [0.4, 0.5) is 0 Å². The molecule has 1 aliphatic rings. The van der Waals surface area contributed by atoms with Gasteiger partial charge in [-0.25, -0.2) is 5.43 Å². The zero-order valence-electron chi connectivity index (χ0n) is 12.2. The number of carbonyl (C=O) groups excluding carboxylic acids is 2. The van der Waals surface area contributed by atoms with Gasteiger partial charge in [0.05, 0.1) is 12.8 Å². The molecule has 0 radical (unpaired) electrons. The van der Waals surface area contributed by atoms with E-state index in [0.29, 0.717) is 0 Å². The second-order valence-electron chi connectivity index (χ2n) is 5.29. The number of nitrogens with one attached hydrogen (secondary N) is 2. The number of nitrogens with zero attached hydrogens (tertiary/aromatic N) is 1. The summed E-state index contributed by atoms with van der Waals surface area (Å²) in [6, 6.07) is 3.94. The molecular formula is C15H21N3O2S. The van der Waals surface area contributed by atoms with E-state index in [1.807, 2.05) is 19.1 Å². The van der Waals surface area contributed by atoms with Crippen LogP contribution in [0.2, 0.25) is 0 Å². The molecule has 1 aromatic rings. The summed E-state index contributed by atoms with van der Waals surface area (Å²) in [4.78, 5) is 25.6. The molecule has 2 amide bonds. The van der Waals surface area contributed by atoms with E-state index in [4.69, 9.17) is 0 Å². The van der Waals surface area contributed by atoms with Crippen molar-refractivity contribution in [1.82, 2.24) is 10.7 Å². The molecule has 1 fully saturated rings. The molecule has 5 nitrogen and oxygen atoms in total. The maximum atomic E-state index is 11.9. The van der Waals surface area contributed by atoms with Crippen LogP contribution in [0.5, 0.6) is 0 Å². The minimum atomic E-state index is -0.302. The molecular weight excluding hydrogens is 286 g/mol. The van der Waals surface area contributed by atoms with Gasteiger partial charge in [-0.05, 0) is 31.9 Å². The molecule has 1 saturated carbocycles. The molecule has 0 saturated heterocycles. The standard InChI is InChI=1S/C15H21N3O2S/c1-11-7-8-13(21-11)9-17-18-14(19)10-16-15(20)12-5-3-2-4-6-12/h7-9,12H,2-6,10H2,1H3,(H,16,20)(H,18,19). The Bertz CT molecular complexity index is 519. The van der Waals surface area contributed by atoms with Crippen LogP contribution in [0, 0.1) is 12.8 Å². The summed E-state index contributed by atoms with van der Waals surface area (Å²) in [6.45, 7) is 2.00. The number of hydrogen-bond donors (Lipinski definition) is 2. The minimum absolute atomic E-state index is 0.0114. The fraction of sp³-hybridized carbons (Fsp3) is 0.533. The van der Waals surface area contributed by atoms with Crippen molar-refractivity contribution in [3.8, 4) is 0 Å². The number of carbonyl (C=O) groups is 2. The van der Waals surface area contributed by atoms with E-state index >= 15 is 0 Å². The molecule has 1 aromatic heterocycles. The van der Waals surface area contributed by atoms with Gasteiger partial charge in [0.15, 0.2) is 0 Å². The van der Waals surface area contributed by atoms with Gasteiger partial charge in [-0.1, -0.05) is 19.3 Å². The third-order valence-corrected chi connectivity index (χ3v) is 4.48. The van der Waals surface area contributed by atoms with Crippen LogP contribution >= 0.6 is 11.3 Å². The Morgan fingerprint density at radius 2 is 2.10 bits per heavy atom. The molecule has 1 aliphatic carbocycles. The van der Waals surface area contributed by atoms with Gasteiger partial charge in [-0.15, -0.1) is 11.3 Å². The predicted octanol–water partition coefficient (Wildman–Crippen LogP) is 2.20. The summed E-state index contributed by atoms with van der Waals surface area (Å²) < 4.78 is 0. The highest BCUT2D eigenvalue weighted by Crippen LogP contribution is 2.23. The molecule has 0 aliphatic heterocycles. The summed E-state index contributed by atoms with van der Waals surface area (Å²) in [5, 5.41) is 6.56. The summed E-state index contributed by atoms with van der Waals surface area (Å²) in [6.07, 6.45) is 6.90. The van der Waals surface area contributed by atoms with Gasteiger partial charge in [-0.3, -0.25) is 9.59 Å². The molecule has 2 rings (SSSR count). The van der Waals surface area contributed by atoms with Gasteiger partial charge in [0.1, 0.15) is 0 Å². The van der Waals surface area contributed by atoms with Crippen LogP contribution < -0.4 is 10.7 Å². The summed E-state index contributed by atoms with van der Waals surface area (Å²) in [5.41, 5.74) is 2.42. The molecule has 114 valence electrons. The van der Waals surface area contributed by atoms with Gasteiger partial charge in [0.25, 0.3) is 5.91 Å². The van der Waals surface area contributed by atoms with Gasteiger partial charge < -0.3 is 5.32 Å². The maximum Gasteiger partial charge on any atom is 0.259 e. The van der Waals surface area contributed by atoms with E-state index in [1.54, 1.807) is 17.6 Å². The molecule has 0 atom stereocenters. The van der Waals surface area contributed by atoms with Crippen LogP contribution in [-0.4, -0.2) is 24.6 Å². The maximum absolute atomic E-state index is 11.9. The Labute approximate surface area is 128 Å². The molecule has 1 heterocycles. The average molecular weight is 307 g/mol. The van der Waals surface area contributed by atoms with Gasteiger partial charge in [0.2, 0.25) is 5.91 Å². The van der Waals surface area contributed by atoms with Crippen LogP contribution in [-0.2, 0) is 9.59 Å². The Hall–Kier alpha value is -1.69. The van der Waals surface area contributed by atoms with Crippen LogP contribution in [0.15, 0.2) is 17.2 Å². The van der Waals surface area contributed by atoms with E-state index in [1.165, 1.54) is 11.3 Å². The van der Waals surface area contributed by atoms with Crippen molar-refractivity contribution in [1.29, 1.82) is 0 Å². The number of thiophene rings is 1. The van der Waals surface area contributed by atoms with E-state index in [0.717, 1.165) is 30.6 Å². The van der Waals surface area contributed by atoms with Crippen LogP contribution in [0.25, 0.3) is 0 Å². The molecule has 0 spiro atoms. The Kier molecular flexibility index (Phi) is 5.92. The zero-order valence-corrected chi connectivity index (χ0v) is 13.0. The predicted molar refractivity (Wildman–Crippen MR) is 84.4 cm³/mol. The minimum Gasteiger partial charge on any atom is -0.347 e. The number of hydrazone groups is 1. The molecule has 2 N–H and O–H groups in total. The SMILES string of the molecule is Cc1ccc(C=NNC(=O)CNC(=O)C2CCCCC2)s1. The van der Waals surface area contributed by atoms with Crippen molar-refractivity contribution in [3.63, 3.8) is 0 Å². The summed E-state index contributed by atoms with van der Waals surface area (Å²) in [7, 11) is 0. The number of amides is 2. The molecule has 0 unspecified atom stereocenters. The first kappa shape index (κ1) is 15.7. The van der Waals surface area contributed by atoms with Crippen molar-refractivity contribution in [3.05, 3.63) is 21.9 Å². The van der Waals surface area contributed by atoms with E-state index < -0.39 is 0 Å². The zero-order chi connectivity index (χ0) is 15.1. The molecule has 21 heavy (non-hydrogen) atoms. The second-order valence-corrected chi connectivity index (χ2v) is 6.61. The third-order valence-electron chi connectivity index (χ3n) is 3.54. The number of aryl methyl sites for hydroxylation is 1. The lowest BCUT2D eigenvalue weighted by atomic mass is 9.89. The first-order chi connectivity index (χ1) is 10.1. The fourth-order valence-electron chi connectivity index (χ4n) is 2.41. The molecule has 0 aromatic carbocycles. The van der Waals surface area contributed by atoms with Crippen molar-refractivity contribution in [2.75, 3.05) is 6.54 Å². The van der Waals surface area contributed by atoms with Crippen LogP contribution in [0.3, 0.4) is 0 Å². The Balaban J connectivity index is 1.67. The Morgan fingerprint density at radius 1 is 1.33 bits per heavy atom.